The lowest BCUT2D eigenvalue weighted by Crippen LogP contribution is -2.48. The van der Waals surface area contributed by atoms with Crippen molar-refractivity contribution in [3.8, 4) is 0 Å². The van der Waals surface area contributed by atoms with E-state index in [1.807, 2.05) is 11.0 Å². The second-order valence-corrected chi connectivity index (χ2v) is 10.2. The Labute approximate surface area is 166 Å². The van der Waals surface area contributed by atoms with Crippen molar-refractivity contribution in [3.05, 3.63) is 42.0 Å². The van der Waals surface area contributed by atoms with Gasteiger partial charge in [0.25, 0.3) is 5.91 Å². The van der Waals surface area contributed by atoms with Gasteiger partial charge in [-0.2, -0.15) is 0 Å². The molecule has 3 aliphatic rings. The molecular weight excluding hydrogens is 376 g/mol. The van der Waals surface area contributed by atoms with Crippen LogP contribution in [0.4, 0.5) is 5.69 Å². The zero-order valence-electron chi connectivity index (χ0n) is 16.1. The van der Waals surface area contributed by atoms with Gasteiger partial charge in [-0.3, -0.25) is 9.10 Å². The van der Waals surface area contributed by atoms with Gasteiger partial charge in [-0.05, 0) is 50.3 Å². The normalized spacial score (nSPS) is 29.4. The quantitative estimate of drug-likeness (QED) is 0.786. The number of aliphatic hydroxyl groups is 1. The van der Waals surface area contributed by atoms with Crippen LogP contribution in [0.2, 0.25) is 0 Å². The van der Waals surface area contributed by atoms with Gasteiger partial charge in [0.1, 0.15) is 0 Å². The molecule has 0 spiro atoms. The lowest BCUT2D eigenvalue weighted by molar-refractivity contribution is 0.0355. The number of aliphatic hydroxyl groups excluding tert-OH is 1. The van der Waals surface area contributed by atoms with Gasteiger partial charge in [-0.15, -0.1) is 0 Å². The average molecular weight is 405 g/mol. The first-order chi connectivity index (χ1) is 13.5. The largest absolute Gasteiger partial charge is 0.396 e. The van der Waals surface area contributed by atoms with Crippen LogP contribution >= 0.6 is 0 Å². The van der Waals surface area contributed by atoms with Crippen molar-refractivity contribution in [2.45, 2.75) is 44.6 Å². The lowest BCUT2D eigenvalue weighted by atomic mass is 9.79. The predicted molar refractivity (Wildman–Crippen MR) is 109 cm³/mol. The van der Waals surface area contributed by atoms with Crippen molar-refractivity contribution in [2.24, 2.45) is 5.41 Å². The number of hydrogen-bond donors (Lipinski definition) is 1. The van der Waals surface area contributed by atoms with Gasteiger partial charge in [-0.1, -0.05) is 24.6 Å². The summed E-state index contributed by atoms with van der Waals surface area (Å²) in [6.07, 6.45) is 9.23. The standard InChI is InChI=1S/C21H28N2O4S/c24-16-21-10-1-2-12-22(19(21)9-6-11-21)20(25)17-7-5-8-18(15-17)23-13-3-4-14-28(23,26)27/h1-2,5,7-8,15,19,24H,3-4,6,9-14,16H2/t19-,21+/m1/s1. The maximum atomic E-state index is 13.4. The summed E-state index contributed by atoms with van der Waals surface area (Å²) in [4.78, 5) is 15.3. The van der Waals surface area contributed by atoms with Crippen molar-refractivity contribution in [1.82, 2.24) is 4.90 Å². The molecule has 1 N–H and O–H groups in total. The van der Waals surface area contributed by atoms with Gasteiger partial charge >= 0.3 is 0 Å². The summed E-state index contributed by atoms with van der Waals surface area (Å²) in [6, 6.07) is 6.99. The molecule has 1 saturated carbocycles. The number of amides is 1. The Hall–Kier alpha value is -1.86. The minimum atomic E-state index is -3.31. The van der Waals surface area contributed by atoms with Crippen molar-refractivity contribution < 1.29 is 18.3 Å². The van der Waals surface area contributed by atoms with Gasteiger partial charge in [0.15, 0.2) is 0 Å². The third-order valence-electron chi connectivity index (χ3n) is 6.53. The molecule has 2 fully saturated rings. The van der Waals surface area contributed by atoms with E-state index in [2.05, 4.69) is 6.08 Å². The molecule has 0 unspecified atom stereocenters. The molecule has 1 aromatic carbocycles. The van der Waals surface area contributed by atoms with Crippen LogP contribution in [-0.2, 0) is 10.0 Å². The molecule has 28 heavy (non-hydrogen) atoms. The zero-order chi connectivity index (χ0) is 19.8. The van der Waals surface area contributed by atoms with E-state index in [0.29, 0.717) is 30.8 Å². The number of rotatable bonds is 3. The first-order valence-electron chi connectivity index (χ1n) is 10.1. The van der Waals surface area contributed by atoms with Crippen LogP contribution in [-0.4, -0.2) is 55.8 Å². The third-order valence-corrected chi connectivity index (χ3v) is 8.40. The molecule has 7 heteroatoms. The Kier molecular flexibility index (Phi) is 5.22. The number of carbonyl (C=O) groups is 1. The van der Waals surface area contributed by atoms with Crippen molar-refractivity contribution in [1.29, 1.82) is 0 Å². The van der Waals surface area contributed by atoms with Gasteiger partial charge in [-0.25, -0.2) is 8.42 Å². The Bertz CT molecular complexity index is 882. The van der Waals surface area contributed by atoms with Crippen LogP contribution < -0.4 is 4.31 Å². The number of allylic oxidation sites excluding steroid dienone is 1. The summed E-state index contributed by atoms with van der Waals surface area (Å²) < 4.78 is 26.3. The molecular formula is C21H28N2O4S. The van der Waals surface area contributed by atoms with Gasteiger partial charge in [0, 0.05) is 30.1 Å². The summed E-state index contributed by atoms with van der Waals surface area (Å²) in [6.45, 7) is 1.07. The first-order valence-corrected chi connectivity index (χ1v) is 11.8. The minimum Gasteiger partial charge on any atom is -0.396 e. The van der Waals surface area contributed by atoms with E-state index in [4.69, 9.17) is 0 Å². The summed E-state index contributed by atoms with van der Waals surface area (Å²) in [7, 11) is -3.31. The van der Waals surface area contributed by atoms with E-state index in [1.165, 1.54) is 4.31 Å². The smallest absolute Gasteiger partial charge is 0.254 e. The van der Waals surface area contributed by atoms with E-state index in [9.17, 15) is 18.3 Å². The SMILES string of the molecule is O=C(c1cccc(N2CCCCS2(=O)=O)c1)N1CC=CC[C@@]2(CO)CCC[C@@H]12. The maximum absolute atomic E-state index is 13.4. The zero-order valence-corrected chi connectivity index (χ0v) is 16.9. The van der Waals surface area contributed by atoms with E-state index in [1.54, 1.807) is 24.3 Å². The summed E-state index contributed by atoms with van der Waals surface area (Å²) in [5.74, 6) is 0.0657. The van der Waals surface area contributed by atoms with Gasteiger partial charge in [0.2, 0.25) is 10.0 Å². The molecule has 1 saturated heterocycles. The highest BCUT2D eigenvalue weighted by Gasteiger charge is 2.46. The van der Waals surface area contributed by atoms with Crippen LogP contribution in [0.1, 0.15) is 48.9 Å². The van der Waals surface area contributed by atoms with Crippen LogP contribution in [0.15, 0.2) is 36.4 Å². The van der Waals surface area contributed by atoms with Crippen molar-refractivity contribution >= 4 is 21.6 Å². The van der Waals surface area contributed by atoms with E-state index >= 15 is 0 Å². The Balaban J connectivity index is 1.64. The number of nitrogens with zero attached hydrogens (tertiary/aromatic N) is 2. The molecule has 0 radical (unpaired) electrons. The average Bonchev–Trinajstić information content (AvgIpc) is 3.03. The highest BCUT2D eigenvalue weighted by Crippen LogP contribution is 2.45. The van der Waals surface area contributed by atoms with E-state index in [-0.39, 0.29) is 29.7 Å². The molecule has 4 rings (SSSR count). The molecule has 1 aromatic rings. The molecule has 0 bridgehead atoms. The Morgan fingerprint density at radius 3 is 2.86 bits per heavy atom. The first kappa shape index (κ1) is 19.5. The molecule has 2 atom stereocenters. The fraction of sp³-hybridized carbons (Fsp3) is 0.571. The molecule has 2 heterocycles. The number of benzene rings is 1. The second kappa shape index (κ2) is 7.52. The predicted octanol–water partition coefficient (Wildman–Crippen LogP) is 2.55. The highest BCUT2D eigenvalue weighted by atomic mass is 32.2. The summed E-state index contributed by atoms with van der Waals surface area (Å²) in [5, 5.41) is 10.1. The molecule has 152 valence electrons. The summed E-state index contributed by atoms with van der Waals surface area (Å²) >= 11 is 0. The summed E-state index contributed by atoms with van der Waals surface area (Å²) in [5.41, 5.74) is 0.819. The number of fused-ring (bicyclic) bond motifs is 1. The van der Waals surface area contributed by atoms with Crippen LogP contribution in [0.5, 0.6) is 0 Å². The molecule has 2 aliphatic heterocycles. The lowest BCUT2D eigenvalue weighted by Gasteiger charge is -2.39. The monoisotopic (exact) mass is 404 g/mol. The topological polar surface area (TPSA) is 77.9 Å². The number of hydrogen-bond acceptors (Lipinski definition) is 4. The number of carbonyl (C=O) groups excluding carboxylic acids is 1. The van der Waals surface area contributed by atoms with Gasteiger partial charge < -0.3 is 10.0 Å². The molecule has 1 amide bonds. The second-order valence-electron chi connectivity index (χ2n) is 8.21. The van der Waals surface area contributed by atoms with Crippen LogP contribution in [0, 0.1) is 5.41 Å². The Morgan fingerprint density at radius 1 is 1.21 bits per heavy atom. The number of anilines is 1. The molecule has 6 nitrogen and oxygen atoms in total. The molecule has 0 aromatic heterocycles. The van der Waals surface area contributed by atoms with Crippen molar-refractivity contribution in [3.63, 3.8) is 0 Å². The van der Waals surface area contributed by atoms with E-state index < -0.39 is 10.0 Å². The Morgan fingerprint density at radius 2 is 2.07 bits per heavy atom. The minimum absolute atomic E-state index is 0.0161. The highest BCUT2D eigenvalue weighted by molar-refractivity contribution is 7.92. The third kappa shape index (κ3) is 3.35. The van der Waals surface area contributed by atoms with Crippen LogP contribution in [0.25, 0.3) is 0 Å². The fourth-order valence-corrected chi connectivity index (χ4v) is 6.62. The molecule has 1 aliphatic carbocycles. The fourth-order valence-electron chi connectivity index (χ4n) is 4.99. The van der Waals surface area contributed by atoms with E-state index in [0.717, 1.165) is 32.1 Å². The van der Waals surface area contributed by atoms with Gasteiger partial charge in [0.05, 0.1) is 18.0 Å². The van der Waals surface area contributed by atoms with Crippen molar-refractivity contribution in [2.75, 3.05) is 29.8 Å². The maximum Gasteiger partial charge on any atom is 0.254 e. The number of sulfonamides is 1. The van der Waals surface area contributed by atoms with Crippen LogP contribution in [0.3, 0.4) is 0 Å².